The van der Waals surface area contributed by atoms with Crippen molar-refractivity contribution in [1.29, 1.82) is 0 Å². The molecular weight excluding hydrogens is 324 g/mol. The highest BCUT2D eigenvalue weighted by Crippen LogP contribution is 2.25. The van der Waals surface area contributed by atoms with Crippen LogP contribution in [0.3, 0.4) is 0 Å². The Balaban J connectivity index is 1.84. The number of hydrogen-bond acceptors (Lipinski definition) is 3. The van der Waals surface area contributed by atoms with Crippen LogP contribution in [-0.4, -0.2) is 42.6 Å². The molecule has 1 unspecified atom stereocenters. The minimum Gasteiger partial charge on any atom is -0.481 e. The van der Waals surface area contributed by atoms with Crippen molar-refractivity contribution in [1.82, 2.24) is 10.2 Å². The van der Waals surface area contributed by atoms with E-state index >= 15 is 0 Å². The zero-order valence-corrected chi connectivity index (χ0v) is 17.2. The van der Waals surface area contributed by atoms with E-state index in [2.05, 4.69) is 49.2 Å². The fraction of sp³-hybridized carbons (Fsp3) is 0.682. The molecule has 4 nitrogen and oxygen atoms in total. The third kappa shape index (κ3) is 6.01. The van der Waals surface area contributed by atoms with Gasteiger partial charge in [-0.3, -0.25) is 4.79 Å². The number of hydrogen-bond donors (Lipinski definition) is 1. The van der Waals surface area contributed by atoms with Crippen molar-refractivity contribution in [2.75, 3.05) is 19.6 Å². The molecule has 1 N–H and O–H groups in total. The quantitative estimate of drug-likeness (QED) is 0.753. The van der Waals surface area contributed by atoms with E-state index in [-0.39, 0.29) is 11.9 Å². The number of unbranched alkanes of at least 4 members (excludes halogenated alkanes) is 1. The van der Waals surface area contributed by atoms with Crippen molar-refractivity contribution in [2.45, 2.75) is 78.4 Å². The van der Waals surface area contributed by atoms with Crippen LogP contribution in [0.25, 0.3) is 0 Å². The lowest BCUT2D eigenvalue weighted by atomic mass is 10.0. The molecule has 4 heteroatoms. The summed E-state index contributed by atoms with van der Waals surface area (Å²) in [6, 6.07) is 6.54. The number of aryl methyl sites for hydroxylation is 1. The van der Waals surface area contributed by atoms with Gasteiger partial charge in [0.2, 0.25) is 0 Å². The highest BCUT2D eigenvalue weighted by molar-refractivity contribution is 5.81. The summed E-state index contributed by atoms with van der Waals surface area (Å²) in [4.78, 5) is 15.1. The van der Waals surface area contributed by atoms with Crippen LogP contribution < -0.4 is 10.1 Å². The van der Waals surface area contributed by atoms with Gasteiger partial charge in [0.05, 0.1) is 0 Å². The average Bonchev–Trinajstić information content (AvgIpc) is 2.62. The van der Waals surface area contributed by atoms with E-state index in [1.54, 1.807) is 0 Å². The van der Waals surface area contributed by atoms with Gasteiger partial charge in [-0.05, 0) is 62.8 Å². The van der Waals surface area contributed by atoms with E-state index in [0.717, 1.165) is 37.2 Å². The highest BCUT2D eigenvalue weighted by atomic mass is 16.5. The molecule has 0 radical (unpaired) electrons. The molecule has 0 aliphatic carbocycles. The van der Waals surface area contributed by atoms with E-state index in [9.17, 15) is 4.79 Å². The van der Waals surface area contributed by atoms with Crippen molar-refractivity contribution in [3.63, 3.8) is 0 Å². The Hall–Kier alpha value is -1.55. The lowest BCUT2D eigenvalue weighted by Crippen LogP contribution is -2.48. The molecule has 26 heavy (non-hydrogen) atoms. The monoisotopic (exact) mass is 360 g/mol. The van der Waals surface area contributed by atoms with Crippen LogP contribution in [0, 0.1) is 6.92 Å². The SMILES string of the molecule is CCCCN1CCC(NC(=O)C(C)Oc2cc(C(C)C)ccc2C)CC1. The number of carbonyl (C=O) groups is 1. The fourth-order valence-corrected chi connectivity index (χ4v) is 3.35. The molecule has 1 atom stereocenters. The summed E-state index contributed by atoms with van der Waals surface area (Å²) in [7, 11) is 0. The number of ether oxygens (including phenoxy) is 1. The van der Waals surface area contributed by atoms with Gasteiger partial charge < -0.3 is 15.0 Å². The van der Waals surface area contributed by atoms with E-state index in [1.165, 1.54) is 24.9 Å². The Kier molecular flexibility index (Phi) is 7.95. The number of nitrogens with one attached hydrogen (secondary N) is 1. The third-order valence-electron chi connectivity index (χ3n) is 5.31. The standard InChI is InChI=1S/C22H36N2O2/c1-6-7-12-24-13-10-20(11-14-24)23-22(25)18(5)26-21-15-19(16(2)3)9-8-17(21)4/h8-9,15-16,18,20H,6-7,10-14H2,1-5H3,(H,23,25). The van der Waals surface area contributed by atoms with Gasteiger partial charge in [0.1, 0.15) is 5.75 Å². The van der Waals surface area contributed by atoms with Crippen LogP contribution in [0.5, 0.6) is 5.75 Å². The zero-order valence-electron chi connectivity index (χ0n) is 17.2. The van der Waals surface area contributed by atoms with Crippen LogP contribution in [0.1, 0.15) is 70.4 Å². The molecule has 146 valence electrons. The van der Waals surface area contributed by atoms with Crippen molar-refractivity contribution in [2.24, 2.45) is 0 Å². The summed E-state index contributed by atoms with van der Waals surface area (Å²) in [5, 5.41) is 3.18. The predicted molar refractivity (Wildman–Crippen MR) is 108 cm³/mol. The Morgan fingerprint density at radius 1 is 1.27 bits per heavy atom. The van der Waals surface area contributed by atoms with Crippen molar-refractivity contribution >= 4 is 5.91 Å². The maximum atomic E-state index is 12.5. The molecule has 1 fully saturated rings. The number of amides is 1. The molecule has 0 bridgehead atoms. The fourth-order valence-electron chi connectivity index (χ4n) is 3.35. The Labute approximate surface area is 159 Å². The number of rotatable bonds is 8. The minimum absolute atomic E-state index is 0.00800. The molecule has 0 aromatic heterocycles. The molecule has 1 aromatic rings. The lowest BCUT2D eigenvalue weighted by molar-refractivity contribution is -0.128. The van der Waals surface area contributed by atoms with Gasteiger partial charge in [-0.25, -0.2) is 0 Å². The van der Waals surface area contributed by atoms with E-state index < -0.39 is 6.10 Å². The number of carbonyl (C=O) groups excluding carboxylic acids is 1. The zero-order chi connectivity index (χ0) is 19.1. The summed E-state index contributed by atoms with van der Waals surface area (Å²) < 4.78 is 5.99. The molecule has 1 aromatic carbocycles. The topological polar surface area (TPSA) is 41.6 Å². The normalized spacial score (nSPS) is 17.3. The number of benzene rings is 1. The summed E-state index contributed by atoms with van der Waals surface area (Å²) in [6.45, 7) is 13.8. The summed E-state index contributed by atoms with van der Waals surface area (Å²) in [6.07, 6.45) is 4.09. The lowest BCUT2D eigenvalue weighted by Gasteiger charge is -2.32. The van der Waals surface area contributed by atoms with Crippen LogP contribution in [0.2, 0.25) is 0 Å². The number of likely N-dealkylation sites (tertiary alicyclic amines) is 1. The summed E-state index contributed by atoms with van der Waals surface area (Å²) in [5.74, 6) is 1.25. The van der Waals surface area contributed by atoms with E-state index in [4.69, 9.17) is 4.74 Å². The second-order valence-corrected chi connectivity index (χ2v) is 7.92. The van der Waals surface area contributed by atoms with Gasteiger partial charge in [-0.15, -0.1) is 0 Å². The number of nitrogens with zero attached hydrogens (tertiary/aromatic N) is 1. The second-order valence-electron chi connectivity index (χ2n) is 7.92. The third-order valence-corrected chi connectivity index (χ3v) is 5.31. The second kappa shape index (κ2) is 9.96. The predicted octanol–water partition coefficient (Wildman–Crippen LogP) is 4.27. The molecule has 1 amide bonds. The Morgan fingerprint density at radius 2 is 1.96 bits per heavy atom. The Morgan fingerprint density at radius 3 is 2.58 bits per heavy atom. The van der Waals surface area contributed by atoms with Gasteiger partial charge in [0, 0.05) is 19.1 Å². The van der Waals surface area contributed by atoms with Crippen LogP contribution in [0.15, 0.2) is 18.2 Å². The summed E-state index contributed by atoms with van der Waals surface area (Å²) >= 11 is 0. The largest absolute Gasteiger partial charge is 0.481 e. The van der Waals surface area contributed by atoms with Gasteiger partial charge >= 0.3 is 0 Å². The molecule has 0 spiro atoms. The van der Waals surface area contributed by atoms with Gasteiger partial charge in [0.25, 0.3) is 5.91 Å². The highest BCUT2D eigenvalue weighted by Gasteiger charge is 2.23. The smallest absolute Gasteiger partial charge is 0.260 e. The van der Waals surface area contributed by atoms with Crippen molar-refractivity contribution in [3.8, 4) is 5.75 Å². The van der Waals surface area contributed by atoms with Gasteiger partial charge in [-0.2, -0.15) is 0 Å². The first kappa shape index (κ1) is 20.8. The van der Waals surface area contributed by atoms with E-state index in [1.807, 2.05) is 13.8 Å². The molecule has 1 aliphatic heterocycles. The molecular formula is C22H36N2O2. The van der Waals surface area contributed by atoms with Gasteiger partial charge in [0.15, 0.2) is 6.10 Å². The van der Waals surface area contributed by atoms with Crippen molar-refractivity contribution < 1.29 is 9.53 Å². The maximum Gasteiger partial charge on any atom is 0.260 e. The molecule has 2 rings (SSSR count). The summed E-state index contributed by atoms with van der Waals surface area (Å²) in [5.41, 5.74) is 2.30. The molecule has 1 saturated heterocycles. The van der Waals surface area contributed by atoms with Crippen LogP contribution >= 0.6 is 0 Å². The average molecular weight is 361 g/mol. The van der Waals surface area contributed by atoms with Gasteiger partial charge in [-0.1, -0.05) is 39.3 Å². The number of piperidine rings is 1. The first-order valence-electron chi connectivity index (χ1n) is 10.2. The maximum absolute atomic E-state index is 12.5. The van der Waals surface area contributed by atoms with Crippen LogP contribution in [0.4, 0.5) is 0 Å². The molecule has 0 saturated carbocycles. The van der Waals surface area contributed by atoms with E-state index in [0.29, 0.717) is 5.92 Å². The Bertz CT molecular complexity index is 578. The minimum atomic E-state index is -0.478. The van der Waals surface area contributed by atoms with Crippen molar-refractivity contribution in [3.05, 3.63) is 29.3 Å². The van der Waals surface area contributed by atoms with Crippen LogP contribution in [-0.2, 0) is 4.79 Å². The molecule has 1 aliphatic rings. The first-order valence-corrected chi connectivity index (χ1v) is 10.2. The first-order chi connectivity index (χ1) is 12.4. The molecule has 1 heterocycles.